The number of ether oxygens (including phenoxy) is 1. The number of nitrogens with two attached hydrogens (primary N) is 1. The molecule has 1 aliphatic rings. The Labute approximate surface area is 87.6 Å². The van der Waals surface area contributed by atoms with Gasteiger partial charge in [-0.1, -0.05) is 13.8 Å². The third-order valence-corrected chi connectivity index (χ3v) is 3.23. The average Bonchev–Trinajstić information content (AvgIpc) is 2.22. The molecular weight excluding hydrogens is 176 g/mol. The molecule has 14 heavy (non-hydrogen) atoms. The molecule has 0 radical (unpaired) electrons. The molecule has 2 unspecified atom stereocenters. The Morgan fingerprint density at radius 1 is 1.43 bits per heavy atom. The Morgan fingerprint density at radius 3 is 2.57 bits per heavy atom. The molecule has 3 nitrogen and oxygen atoms in total. The third kappa shape index (κ3) is 2.69. The van der Waals surface area contributed by atoms with Crippen molar-refractivity contribution in [3.05, 3.63) is 0 Å². The zero-order valence-corrected chi connectivity index (χ0v) is 9.70. The zero-order chi connectivity index (χ0) is 10.6. The first-order valence-electron chi connectivity index (χ1n) is 5.80. The van der Waals surface area contributed by atoms with E-state index in [1.54, 1.807) is 0 Å². The minimum atomic E-state index is 0.242. The third-order valence-electron chi connectivity index (χ3n) is 3.23. The van der Waals surface area contributed by atoms with Gasteiger partial charge < -0.3 is 10.5 Å². The molecular formula is C11H24N2O. The van der Waals surface area contributed by atoms with Gasteiger partial charge in [-0.05, 0) is 19.8 Å². The zero-order valence-electron chi connectivity index (χ0n) is 9.70. The van der Waals surface area contributed by atoms with Crippen molar-refractivity contribution in [3.8, 4) is 0 Å². The summed E-state index contributed by atoms with van der Waals surface area (Å²) in [7, 11) is 0. The van der Waals surface area contributed by atoms with Crippen LogP contribution in [0.4, 0.5) is 0 Å². The highest BCUT2D eigenvalue weighted by Crippen LogP contribution is 2.18. The van der Waals surface area contributed by atoms with Gasteiger partial charge in [-0.15, -0.1) is 0 Å². The van der Waals surface area contributed by atoms with E-state index in [0.717, 1.165) is 13.2 Å². The molecule has 1 saturated heterocycles. The lowest BCUT2D eigenvalue weighted by molar-refractivity contribution is -0.0706. The van der Waals surface area contributed by atoms with Crippen LogP contribution in [0, 0.1) is 0 Å². The fourth-order valence-corrected chi connectivity index (χ4v) is 2.25. The Kier molecular flexibility index (Phi) is 4.85. The van der Waals surface area contributed by atoms with Crippen molar-refractivity contribution in [2.45, 2.75) is 51.8 Å². The highest BCUT2D eigenvalue weighted by atomic mass is 16.5. The SMILES string of the molecule is CCC(CC)N1CC(CN)OCC1C. The number of hydrogen-bond donors (Lipinski definition) is 1. The number of morpholine rings is 1. The van der Waals surface area contributed by atoms with Crippen molar-refractivity contribution in [2.75, 3.05) is 19.7 Å². The van der Waals surface area contributed by atoms with Crippen molar-refractivity contribution in [1.82, 2.24) is 4.90 Å². The Balaban J connectivity index is 2.54. The summed E-state index contributed by atoms with van der Waals surface area (Å²) in [6.45, 7) is 9.23. The lowest BCUT2D eigenvalue weighted by atomic mass is 10.1. The Bertz CT molecular complexity index is 159. The molecule has 1 rings (SSSR count). The molecule has 84 valence electrons. The van der Waals surface area contributed by atoms with Gasteiger partial charge in [0.1, 0.15) is 0 Å². The molecule has 2 atom stereocenters. The molecule has 1 fully saturated rings. The van der Waals surface area contributed by atoms with Crippen molar-refractivity contribution in [1.29, 1.82) is 0 Å². The largest absolute Gasteiger partial charge is 0.374 e. The van der Waals surface area contributed by atoms with Crippen LogP contribution < -0.4 is 5.73 Å². The van der Waals surface area contributed by atoms with Crippen molar-refractivity contribution >= 4 is 0 Å². The average molecular weight is 200 g/mol. The summed E-state index contributed by atoms with van der Waals surface area (Å²) in [5.74, 6) is 0. The fraction of sp³-hybridized carbons (Fsp3) is 1.00. The van der Waals surface area contributed by atoms with Crippen LogP contribution in [0.1, 0.15) is 33.6 Å². The van der Waals surface area contributed by atoms with Crippen molar-refractivity contribution in [2.24, 2.45) is 5.73 Å². The highest BCUT2D eigenvalue weighted by Gasteiger charge is 2.28. The van der Waals surface area contributed by atoms with Crippen LogP contribution in [0.2, 0.25) is 0 Å². The van der Waals surface area contributed by atoms with Crippen LogP contribution in [0.3, 0.4) is 0 Å². The first kappa shape index (κ1) is 12.0. The lowest BCUT2D eigenvalue weighted by Crippen LogP contribution is -2.54. The van der Waals surface area contributed by atoms with Crippen LogP contribution >= 0.6 is 0 Å². The van der Waals surface area contributed by atoms with Gasteiger partial charge in [-0.3, -0.25) is 4.90 Å². The van der Waals surface area contributed by atoms with Gasteiger partial charge in [0.25, 0.3) is 0 Å². The topological polar surface area (TPSA) is 38.5 Å². The molecule has 0 bridgehead atoms. The normalized spacial score (nSPS) is 29.8. The van der Waals surface area contributed by atoms with E-state index in [1.807, 2.05) is 0 Å². The standard InChI is InChI=1S/C11H24N2O/c1-4-10(5-2)13-7-11(6-12)14-8-9(13)3/h9-11H,4-8,12H2,1-3H3. The first-order chi connectivity index (χ1) is 6.72. The van der Waals surface area contributed by atoms with Crippen LogP contribution in [-0.4, -0.2) is 42.8 Å². The van der Waals surface area contributed by atoms with E-state index in [0.29, 0.717) is 18.6 Å². The van der Waals surface area contributed by atoms with Gasteiger partial charge in [-0.2, -0.15) is 0 Å². The van der Waals surface area contributed by atoms with Crippen LogP contribution in [0.5, 0.6) is 0 Å². The second kappa shape index (κ2) is 5.69. The van der Waals surface area contributed by atoms with Gasteiger partial charge in [-0.25, -0.2) is 0 Å². The van der Waals surface area contributed by atoms with Gasteiger partial charge in [0.05, 0.1) is 12.7 Å². The monoisotopic (exact) mass is 200 g/mol. The molecule has 2 N–H and O–H groups in total. The first-order valence-corrected chi connectivity index (χ1v) is 5.80. The van der Waals surface area contributed by atoms with E-state index in [1.165, 1.54) is 12.8 Å². The number of nitrogens with zero attached hydrogens (tertiary/aromatic N) is 1. The second-order valence-corrected chi connectivity index (χ2v) is 4.21. The van der Waals surface area contributed by atoms with Gasteiger partial charge in [0, 0.05) is 25.2 Å². The van der Waals surface area contributed by atoms with Gasteiger partial charge in [0.2, 0.25) is 0 Å². The van der Waals surface area contributed by atoms with Crippen LogP contribution in [-0.2, 0) is 4.74 Å². The molecule has 0 aromatic heterocycles. The van der Waals surface area contributed by atoms with Gasteiger partial charge >= 0.3 is 0 Å². The summed E-state index contributed by atoms with van der Waals surface area (Å²) < 4.78 is 5.64. The van der Waals surface area contributed by atoms with Crippen molar-refractivity contribution in [3.63, 3.8) is 0 Å². The Hall–Kier alpha value is -0.120. The maximum atomic E-state index is 5.64. The molecule has 0 aromatic rings. The molecule has 0 aromatic carbocycles. The van der Waals surface area contributed by atoms with E-state index in [2.05, 4.69) is 25.7 Å². The molecule has 3 heteroatoms. The smallest absolute Gasteiger partial charge is 0.0824 e. The summed E-state index contributed by atoms with van der Waals surface area (Å²) in [6.07, 6.45) is 2.68. The summed E-state index contributed by atoms with van der Waals surface area (Å²) in [4.78, 5) is 2.56. The van der Waals surface area contributed by atoms with Crippen LogP contribution in [0.25, 0.3) is 0 Å². The molecule has 0 saturated carbocycles. The minimum absolute atomic E-state index is 0.242. The minimum Gasteiger partial charge on any atom is -0.374 e. The second-order valence-electron chi connectivity index (χ2n) is 4.21. The van der Waals surface area contributed by atoms with Crippen molar-refractivity contribution < 1.29 is 4.74 Å². The number of hydrogen-bond acceptors (Lipinski definition) is 3. The van der Waals surface area contributed by atoms with E-state index < -0.39 is 0 Å². The van der Waals surface area contributed by atoms with E-state index in [9.17, 15) is 0 Å². The molecule has 1 heterocycles. The van der Waals surface area contributed by atoms with E-state index in [-0.39, 0.29) is 6.10 Å². The predicted molar refractivity (Wildman–Crippen MR) is 59.3 cm³/mol. The molecule has 0 aliphatic carbocycles. The van der Waals surface area contributed by atoms with Crippen LogP contribution in [0.15, 0.2) is 0 Å². The molecule has 0 spiro atoms. The Morgan fingerprint density at radius 2 is 2.07 bits per heavy atom. The van der Waals surface area contributed by atoms with E-state index in [4.69, 9.17) is 10.5 Å². The van der Waals surface area contributed by atoms with Gasteiger partial charge in [0.15, 0.2) is 0 Å². The van der Waals surface area contributed by atoms with E-state index >= 15 is 0 Å². The maximum absolute atomic E-state index is 5.64. The quantitative estimate of drug-likeness (QED) is 0.741. The summed E-state index contributed by atoms with van der Waals surface area (Å²) in [5, 5.41) is 0. The lowest BCUT2D eigenvalue weighted by Gasteiger charge is -2.42. The summed E-state index contributed by atoms with van der Waals surface area (Å²) >= 11 is 0. The highest BCUT2D eigenvalue weighted by molar-refractivity contribution is 4.82. The summed E-state index contributed by atoms with van der Waals surface area (Å²) in [5.41, 5.74) is 5.64. The molecule has 1 aliphatic heterocycles. The number of rotatable bonds is 4. The fourth-order valence-electron chi connectivity index (χ4n) is 2.25. The predicted octanol–water partition coefficient (Wildman–Crippen LogP) is 1.22. The molecule has 0 amide bonds. The maximum Gasteiger partial charge on any atom is 0.0824 e. The summed E-state index contributed by atoms with van der Waals surface area (Å²) in [6, 6.07) is 1.24.